The number of esters is 1. The van der Waals surface area contributed by atoms with E-state index in [1.807, 2.05) is 30.4 Å². The second-order valence-electron chi connectivity index (χ2n) is 5.28. The topological polar surface area (TPSA) is 59.3 Å². The van der Waals surface area contributed by atoms with Gasteiger partial charge in [0.05, 0.1) is 24.8 Å². The summed E-state index contributed by atoms with van der Waals surface area (Å²) in [7, 11) is 1.51. The zero-order valence-electron chi connectivity index (χ0n) is 13.8. The normalized spacial score (nSPS) is 17.6. The number of benzene rings is 1. The van der Waals surface area contributed by atoms with Crippen molar-refractivity contribution in [2.75, 3.05) is 7.11 Å². The van der Waals surface area contributed by atoms with E-state index in [0.717, 1.165) is 22.9 Å². The van der Waals surface area contributed by atoms with Crippen LogP contribution in [0.2, 0.25) is 0 Å². The molecule has 0 spiro atoms. The molecule has 1 unspecified atom stereocenters. The van der Waals surface area contributed by atoms with Gasteiger partial charge < -0.3 is 9.47 Å². The van der Waals surface area contributed by atoms with Crippen LogP contribution in [0.5, 0.6) is 0 Å². The van der Waals surface area contributed by atoms with Crippen LogP contribution in [0.3, 0.4) is 0 Å². The highest BCUT2D eigenvalue weighted by Gasteiger charge is 2.22. The lowest BCUT2D eigenvalue weighted by atomic mass is 10.1. The van der Waals surface area contributed by atoms with E-state index in [4.69, 9.17) is 14.7 Å². The summed E-state index contributed by atoms with van der Waals surface area (Å²) >= 11 is 3.35. The van der Waals surface area contributed by atoms with Gasteiger partial charge in [0.1, 0.15) is 11.9 Å². The van der Waals surface area contributed by atoms with E-state index in [0.29, 0.717) is 11.3 Å². The van der Waals surface area contributed by atoms with Crippen molar-refractivity contribution < 1.29 is 14.3 Å². The van der Waals surface area contributed by atoms with Gasteiger partial charge in [-0.15, -0.1) is 0 Å². The molecule has 1 aromatic carbocycles. The van der Waals surface area contributed by atoms with Gasteiger partial charge in [0, 0.05) is 4.47 Å². The number of halogens is 1. The monoisotopic (exact) mass is 399 g/mol. The minimum atomic E-state index is -0.326. The molecule has 0 amide bonds. The summed E-state index contributed by atoms with van der Waals surface area (Å²) in [5.74, 6) is 0.152. The van der Waals surface area contributed by atoms with E-state index in [2.05, 4.69) is 22.0 Å². The summed E-state index contributed by atoms with van der Waals surface area (Å²) in [4.78, 5) is 12.2. The van der Waals surface area contributed by atoms with Crippen molar-refractivity contribution in [1.82, 2.24) is 0 Å². The largest absolute Gasteiger partial charge is 0.496 e. The molecule has 0 N–H and O–H groups in total. The Morgan fingerprint density at radius 1 is 1.32 bits per heavy atom. The van der Waals surface area contributed by atoms with E-state index >= 15 is 0 Å². The van der Waals surface area contributed by atoms with E-state index in [1.54, 1.807) is 24.3 Å². The first-order chi connectivity index (χ1) is 12.1. The summed E-state index contributed by atoms with van der Waals surface area (Å²) in [6.45, 7) is 0. The molecule has 0 bridgehead atoms. The maximum absolute atomic E-state index is 12.2. The van der Waals surface area contributed by atoms with Crippen LogP contribution in [-0.4, -0.2) is 19.2 Å². The van der Waals surface area contributed by atoms with E-state index in [-0.39, 0.29) is 12.1 Å². The number of methoxy groups -OCH3 is 1. The molecule has 25 heavy (non-hydrogen) atoms. The second-order valence-corrected chi connectivity index (χ2v) is 6.20. The smallest absolute Gasteiger partial charge is 0.338 e. The summed E-state index contributed by atoms with van der Waals surface area (Å²) in [6.07, 6.45) is 12.0. The van der Waals surface area contributed by atoms with Crippen molar-refractivity contribution in [3.63, 3.8) is 0 Å². The molecular formula is C20H18BrNO3. The Kier molecular flexibility index (Phi) is 7.24. The lowest BCUT2D eigenvalue weighted by Crippen LogP contribution is -2.17. The van der Waals surface area contributed by atoms with Crippen molar-refractivity contribution in [3.8, 4) is 6.07 Å². The number of nitrogens with zero attached hydrogens (tertiary/aromatic N) is 1. The Balaban J connectivity index is 1.96. The molecule has 1 aliphatic rings. The number of nitriles is 1. The van der Waals surface area contributed by atoms with Gasteiger partial charge in [-0.2, -0.15) is 5.26 Å². The van der Waals surface area contributed by atoms with Crippen molar-refractivity contribution >= 4 is 21.9 Å². The molecule has 1 aliphatic carbocycles. The molecule has 0 heterocycles. The van der Waals surface area contributed by atoms with Crippen LogP contribution in [0, 0.1) is 11.3 Å². The standard InChI is InChI=1S/C20H18BrNO3/c1-24-18(13-14-22)7-3-2-5-15-6-4-8-19(15)25-20(23)16-9-11-17(21)12-10-16/h2-3,5-7,9-13,19H,4,8H2,1H3/b5-2+,7-3+,18-13+. The highest BCUT2D eigenvalue weighted by molar-refractivity contribution is 9.10. The van der Waals surface area contributed by atoms with Crippen molar-refractivity contribution in [2.24, 2.45) is 0 Å². The third-order valence-electron chi connectivity index (χ3n) is 3.61. The van der Waals surface area contributed by atoms with E-state index in [9.17, 15) is 4.79 Å². The molecule has 0 radical (unpaired) electrons. The third kappa shape index (κ3) is 5.77. The van der Waals surface area contributed by atoms with Crippen LogP contribution in [0.25, 0.3) is 0 Å². The van der Waals surface area contributed by atoms with Gasteiger partial charge in [0.15, 0.2) is 0 Å². The summed E-state index contributed by atoms with van der Waals surface area (Å²) in [6, 6.07) is 9.01. The molecule has 0 aliphatic heterocycles. The van der Waals surface area contributed by atoms with Gasteiger partial charge >= 0.3 is 5.97 Å². The summed E-state index contributed by atoms with van der Waals surface area (Å²) < 4.78 is 11.6. The summed E-state index contributed by atoms with van der Waals surface area (Å²) in [5.41, 5.74) is 1.50. The third-order valence-corrected chi connectivity index (χ3v) is 4.14. The average molecular weight is 400 g/mol. The molecule has 4 nitrogen and oxygen atoms in total. The lowest BCUT2D eigenvalue weighted by molar-refractivity contribution is 0.0382. The maximum atomic E-state index is 12.2. The number of rotatable bonds is 6. The van der Waals surface area contributed by atoms with Crippen LogP contribution >= 0.6 is 15.9 Å². The van der Waals surface area contributed by atoms with Crippen molar-refractivity contribution in [3.05, 3.63) is 82.1 Å². The SMILES string of the molecule is COC(/C=C/C=C/C1=CCCC1OC(=O)c1ccc(Br)cc1)=C/C#N. The zero-order valence-corrected chi connectivity index (χ0v) is 15.4. The maximum Gasteiger partial charge on any atom is 0.338 e. The zero-order chi connectivity index (χ0) is 18.1. The fraction of sp³-hybridized carbons (Fsp3) is 0.200. The van der Waals surface area contributed by atoms with Gasteiger partial charge in [-0.3, -0.25) is 0 Å². The first kappa shape index (κ1) is 18.8. The van der Waals surface area contributed by atoms with Crippen LogP contribution in [0.1, 0.15) is 23.2 Å². The Morgan fingerprint density at radius 2 is 2.08 bits per heavy atom. The molecule has 1 atom stereocenters. The Labute approximate surface area is 155 Å². The van der Waals surface area contributed by atoms with Gasteiger partial charge in [0.2, 0.25) is 0 Å². The Bertz CT molecular complexity index is 767. The predicted molar refractivity (Wildman–Crippen MR) is 99.6 cm³/mol. The van der Waals surface area contributed by atoms with Crippen LogP contribution in [-0.2, 0) is 9.47 Å². The first-order valence-electron chi connectivity index (χ1n) is 7.79. The highest BCUT2D eigenvalue weighted by Crippen LogP contribution is 2.24. The molecular weight excluding hydrogens is 382 g/mol. The molecule has 0 saturated heterocycles. The number of hydrogen-bond donors (Lipinski definition) is 0. The van der Waals surface area contributed by atoms with Crippen LogP contribution in [0.15, 0.2) is 76.5 Å². The van der Waals surface area contributed by atoms with Crippen LogP contribution in [0.4, 0.5) is 0 Å². The minimum Gasteiger partial charge on any atom is -0.496 e. The van der Waals surface area contributed by atoms with Gasteiger partial charge in [-0.05, 0) is 48.8 Å². The quantitative estimate of drug-likeness (QED) is 0.296. The minimum absolute atomic E-state index is 0.239. The van der Waals surface area contributed by atoms with Gasteiger partial charge in [-0.1, -0.05) is 40.2 Å². The first-order valence-corrected chi connectivity index (χ1v) is 8.58. The number of hydrogen-bond acceptors (Lipinski definition) is 4. The molecule has 1 aromatic rings. The molecule has 5 heteroatoms. The Hall–Kier alpha value is -2.58. The fourth-order valence-corrected chi connectivity index (χ4v) is 2.61. The molecule has 128 valence electrons. The molecule has 2 rings (SSSR count). The van der Waals surface area contributed by atoms with Crippen molar-refractivity contribution in [2.45, 2.75) is 18.9 Å². The fourth-order valence-electron chi connectivity index (χ4n) is 2.34. The van der Waals surface area contributed by atoms with E-state index in [1.165, 1.54) is 13.2 Å². The molecule has 0 aromatic heterocycles. The molecule has 0 saturated carbocycles. The number of carbonyl (C=O) groups is 1. The lowest BCUT2D eigenvalue weighted by Gasteiger charge is -2.14. The van der Waals surface area contributed by atoms with Gasteiger partial charge in [0.25, 0.3) is 0 Å². The number of allylic oxidation sites excluding steroid dienone is 5. The van der Waals surface area contributed by atoms with Gasteiger partial charge in [-0.25, -0.2) is 4.79 Å². The Morgan fingerprint density at radius 3 is 2.76 bits per heavy atom. The number of ether oxygens (including phenoxy) is 2. The van der Waals surface area contributed by atoms with Crippen molar-refractivity contribution in [1.29, 1.82) is 5.26 Å². The average Bonchev–Trinajstić information content (AvgIpc) is 3.05. The van der Waals surface area contributed by atoms with Crippen LogP contribution < -0.4 is 0 Å². The number of carbonyl (C=O) groups excluding carboxylic acids is 1. The van der Waals surface area contributed by atoms with E-state index < -0.39 is 0 Å². The predicted octanol–water partition coefficient (Wildman–Crippen LogP) is 4.86. The summed E-state index contributed by atoms with van der Waals surface area (Å²) in [5, 5.41) is 8.61. The molecule has 0 fully saturated rings. The second kappa shape index (κ2) is 9.65. The highest BCUT2D eigenvalue weighted by atomic mass is 79.9.